The smallest absolute Gasteiger partial charge is 0.252 e. The molecule has 0 bridgehead atoms. The topological polar surface area (TPSA) is 106 Å². The lowest BCUT2D eigenvalue weighted by Crippen LogP contribution is -2.60. The minimum Gasteiger partial charge on any atom is -0.341 e. The van der Waals surface area contributed by atoms with E-state index in [1.54, 1.807) is 29.2 Å². The molecule has 2 N–H and O–H groups in total. The van der Waals surface area contributed by atoms with E-state index in [-0.39, 0.29) is 17.8 Å². The predicted molar refractivity (Wildman–Crippen MR) is 138 cm³/mol. The van der Waals surface area contributed by atoms with Crippen molar-refractivity contribution in [2.24, 2.45) is 0 Å². The monoisotopic (exact) mass is 517 g/mol. The molecular weight excluding hydrogens is 492 g/mol. The largest absolute Gasteiger partial charge is 0.341 e. The Bertz CT molecular complexity index is 1450. The maximum absolute atomic E-state index is 14.2. The van der Waals surface area contributed by atoms with Crippen LogP contribution in [0.15, 0.2) is 66.7 Å². The van der Waals surface area contributed by atoms with Gasteiger partial charge in [0.05, 0.1) is 29.6 Å². The fourth-order valence-corrected chi connectivity index (χ4v) is 4.15. The van der Waals surface area contributed by atoms with Crippen LogP contribution >= 0.6 is 0 Å². The fraction of sp³-hybridized carbons (Fsp3) is 0.214. The van der Waals surface area contributed by atoms with Crippen molar-refractivity contribution >= 4 is 34.8 Å². The number of amides is 3. The lowest BCUT2D eigenvalue weighted by molar-refractivity contribution is -0.130. The number of rotatable bonds is 5. The number of carbonyl (C=O) groups is 3. The predicted octanol–water partition coefficient (Wildman–Crippen LogP) is 3.64. The molecule has 0 saturated heterocycles. The van der Waals surface area contributed by atoms with E-state index in [9.17, 15) is 28.4 Å². The molecule has 0 aliphatic carbocycles. The Morgan fingerprint density at radius 2 is 1.68 bits per heavy atom. The SMILES string of the molecule is CN1C(=O)[C@H](NC(=O)C(C)(C)NC(=O)c2ccc(F)cc2)CN(c2cccc(C#N)c2)c2ccc(F)cc21. The highest BCUT2D eigenvalue weighted by Gasteiger charge is 2.38. The molecule has 1 aliphatic rings. The number of nitriles is 1. The first kappa shape index (κ1) is 26.3. The summed E-state index contributed by atoms with van der Waals surface area (Å²) in [4.78, 5) is 42.4. The summed E-state index contributed by atoms with van der Waals surface area (Å²) in [5.74, 6) is -2.76. The zero-order valence-corrected chi connectivity index (χ0v) is 21.0. The van der Waals surface area contributed by atoms with Gasteiger partial charge in [-0.3, -0.25) is 14.4 Å². The number of nitrogens with zero attached hydrogens (tertiary/aromatic N) is 3. The number of hydrogen-bond donors (Lipinski definition) is 2. The lowest BCUT2D eigenvalue weighted by atomic mass is 10.0. The van der Waals surface area contributed by atoms with Gasteiger partial charge in [-0.2, -0.15) is 5.26 Å². The molecule has 10 heteroatoms. The number of hydrogen-bond acceptors (Lipinski definition) is 5. The van der Waals surface area contributed by atoms with Crippen LogP contribution in [0.2, 0.25) is 0 Å². The summed E-state index contributed by atoms with van der Waals surface area (Å²) in [6.07, 6.45) is 0. The molecule has 38 heavy (non-hydrogen) atoms. The van der Waals surface area contributed by atoms with Crippen LogP contribution in [0.3, 0.4) is 0 Å². The van der Waals surface area contributed by atoms with Gasteiger partial charge >= 0.3 is 0 Å². The van der Waals surface area contributed by atoms with Gasteiger partial charge in [0.25, 0.3) is 11.8 Å². The Labute approximate surface area is 218 Å². The molecule has 3 aromatic carbocycles. The standard InChI is InChI=1S/C28H25F2N5O3/c1-28(2,33-25(36)18-7-9-19(29)10-8-18)27(38)32-22-16-35(21-6-4-5-17(13-21)15-31)23-12-11-20(30)14-24(23)34(3)26(22)37/h4-14,22H,16H2,1-3H3,(H,32,38)(H,33,36)/t22-/m1/s1. The third-order valence-electron chi connectivity index (χ3n) is 6.28. The van der Waals surface area contributed by atoms with Gasteiger partial charge in [0.1, 0.15) is 23.2 Å². The summed E-state index contributed by atoms with van der Waals surface area (Å²) in [6.45, 7) is 2.93. The van der Waals surface area contributed by atoms with Gasteiger partial charge in [-0.1, -0.05) is 6.07 Å². The number of carbonyl (C=O) groups excluding carboxylic acids is 3. The van der Waals surface area contributed by atoms with Crippen LogP contribution in [0.25, 0.3) is 0 Å². The second-order valence-electron chi connectivity index (χ2n) is 9.42. The molecule has 8 nitrogen and oxygen atoms in total. The van der Waals surface area contributed by atoms with Gasteiger partial charge < -0.3 is 20.4 Å². The highest BCUT2D eigenvalue weighted by Crippen LogP contribution is 2.37. The molecule has 1 atom stereocenters. The number of likely N-dealkylation sites (N-methyl/N-ethyl adjacent to an activating group) is 1. The molecule has 1 heterocycles. The lowest BCUT2D eigenvalue weighted by Gasteiger charge is -2.30. The minimum absolute atomic E-state index is 0.0234. The van der Waals surface area contributed by atoms with Crippen molar-refractivity contribution in [1.82, 2.24) is 10.6 Å². The number of benzene rings is 3. The third-order valence-corrected chi connectivity index (χ3v) is 6.28. The second-order valence-corrected chi connectivity index (χ2v) is 9.42. The van der Waals surface area contributed by atoms with Crippen molar-refractivity contribution in [3.63, 3.8) is 0 Å². The first-order valence-corrected chi connectivity index (χ1v) is 11.7. The molecule has 0 spiro atoms. The van der Waals surface area contributed by atoms with Crippen molar-refractivity contribution < 1.29 is 23.2 Å². The first-order valence-electron chi connectivity index (χ1n) is 11.7. The summed E-state index contributed by atoms with van der Waals surface area (Å²) in [5.41, 5.74) is 0.485. The second kappa shape index (κ2) is 10.3. The third kappa shape index (κ3) is 5.32. The molecule has 1 aliphatic heterocycles. The number of nitrogens with one attached hydrogen (secondary N) is 2. The summed E-state index contributed by atoms with van der Waals surface area (Å²) in [6, 6.07) is 16.6. The summed E-state index contributed by atoms with van der Waals surface area (Å²) >= 11 is 0. The number of fused-ring (bicyclic) bond motifs is 1. The van der Waals surface area contributed by atoms with Gasteiger partial charge in [0.2, 0.25) is 5.91 Å². The molecule has 3 amide bonds. The van der Waals surface area contributed by atoms with Gasteiger partial charge in [-0.05, 0) is 74.5 Å². The Kier molecular flexibility index (Phi) is 7.12. The van der Waals surface area contributed by atoms with Crippen molar-refractivity contribution in [2.75, 3.05) is 23.4 Å². The molecule has 194 valence electrons. The zero-order chi connectivity index (χ0) is 27.6. The molecule has 4 rings (SSSR count). The molecule has 0 saturated carbocycles. The maximum atomic E-state index is 14.2. The van der Waals surface area contributed by atoms with E-state index in [0.717, 1.165) is 12.1 Å². The van der Waals surface area contributed by atoms with Gasteiger partial charge in [0.15, 0.2) is 0 Å². The summed E-state index contributed by atoms with van der Waals surface area (Å²) < 4.78 is 27.4. The van der Waals surface area contributed by atoms with Crippen LogP contribution in [0, 0.1) is 23.0 Å². The Hall–Kier alpha value is -4.78. The highest BCUT2D eigenvalue weighted by molar-refractivity contribution is 6.05. The normalized spacial score (nSPS) is 15.3. The number of anilines is 3. The minimum atomic E-state index is -1.44. The van der Waals surface area contributed by atoms with E-state index >= 15 is 0 Å². The molecule has 0 unspecified atom stereocenters. The van der Waals surface area contributed by atoms with Gasteiger partial charge in [-0.25, -0.2) is 8.78 Å². The van der Waals surface area contributed by atoms with E-state index in [4.69, 9.17) is 0 Å². The van der Waals surface area contributed by atoms with Gasteiger partial charge in [0, 0.05) is 18.3 Å². The fourth-order valence-electron chi connectivity index (χ4n) is 4.15. The highest BCUT2D eigenvalue weighted by atomic mass is 19.1. The average Bonchev–Trinajstić information content (AvgIpc) is 2.99. The van der Waals surface area contributed by atoms with E-state index in [0.29, 0.717) is 16.9 Å². The summed E-state index contributed by atoms with van der Waals surface area (Å²) in [5, 5.41) is 14.7. The van der Waals surface area contributed by atoms with Crippen molar-refractivity contribution in [2.45, 2.75) is 25.4 Å². The maximum Gasteiger partial charge on any atom is 0.252 e. The van der Waals surface area contributed by atoms with Crippen LogP contribution < -0.4 is 20.4 Å². The first-order chi connectivity index (χ1) is 18.0. The quantitative estimate of drug-likeness (QED) is 0.538. The van der Waals surface area contributed by atoms with Crippen LogP contribution in [-0.2, 0) is 9.59 Å². The molecule has 0 aromatic heterocycles. The van der Waals surface area contributed by atoms with E-state index in [1.165, 1.54) is 56.1 Å². The van der Waals surface area contributed by atoms with E-state index in [1.807, 2.05) is 0 Å². The van der Waals surface area contributed by atoms with Crippen molar-refractivity contribution in [3.8, 4) is 6.07 Å². The van der Waals surface area contributed by atoms with Crippen LogP contribution in [0.4, 0.5) is 25.8 Å². The molecule has 0 radical (unpaired) electrons. The Morgan fingerprint density at radius 1 is 1.00 bits per heavy atom. The Morgan fingerprint density at radius 3 is 2.37 bits per heavy atom. The van der Waals surface area contributed by atoms with Gasteiger partial charge in [-0.15, -0.1) is 0 Å². The number of halogens is 2. The molecular formula is C28H25F2N5O3. The summed E-state index contributed by atoms with van der Waals surface area (Å²) in [7, 11) is 1.48. The van der Waals surface area contributed by atoms with Crippen molar-refractivity contribution in [3.05, 3.63) is 89.5 Å². The van der Waals surface area contributed by atoms with Crippen molar-refractivity contribution in [1.29, 1.82) is 5.26 Å². The van der Waals surface area contributed by atoms with Crippen LogP contribution in [-0.4, -0.2) is 42.9 Å². The van der Waals surface area contributed by atoms with E-state index in [2.05, 4.69) is 16.7 Å². The van der Waals surface area contributed by atoms with Crippen LogP contribution in [0.1, 0.15) is 29.8 Å². The zero-order valence-electron chi connectivity index (χ0n) is 21.0. The Balaban J connectivity index is 1.63. The average molecular weight is 518 g/mol. The van der Waals surface area contributed by atoms with Crippen LogP contribution in [0.5, 0.6) is 0 Å². The molecule has 0 fully saturated rings. The van der Waals surface area contributed by atoms with E-state index < -0.39 is 40.9 Å². The molecule has 3 aromatic rings.